The van der Waals surface area contributed by atoms with Gasteiger partial charge in [0.25, 0.3) is 15.7 Å². The summed E-state index contributed by atoms with van der Waals surface area (Å²) in [7, 11) is -5.65. The number of nitrogens with zero attached hydrogens (tertiary/aromatic N) is 2. The predicted molar refractivity (Wildman–Crippen MR) is 136 cm³/mol. The quantitative estimate of drug-likeness (QED) is 0.286. The maximum Gasteiger partial charge on any atom is 0.524 e. The molecule has 1 aliphatic rings. The van der Waals surface area contributed by atoms with Gasteiger partial charge in [0.15, 0.2) is 23.1 Å². The fourth-order valence-electron chi connectivity index (χ4n) is 3.45. The first-order chi connectivity index (χ1) is 19.8. The highest BCUT2D eigenvalue weighted by atomic mass is 35.5. The summed E-state index contributed by atoms with van der Waals surface area (Å²) >= 11 is 6.05. The van der Waals surface area contributed by atoms with Gasteiger partial charge in [0.05, 0.1) is 22.6 Å². The molecular weight excluding hydrogens is 632 g/mol. The molecule has 0 aliphatic heterocycles. The van der Waals surface area contributed by atoms with Crippen LogP contribution in [-0.4, -0.2) is 49.5 Å². The molecule has 3 rings (SSSR count). The minimum atomic E-state index is -5.65. The summed E-state index contributed by atoms with van der Waals surface area (Å²) in [5.74, 6) is -1.43. The molecule has 1 N–H and O–H groups in total. The van der Waals surface area contributed by atoms with Crippen molar-refractivity contribution in [1.29, 1.82) is 10.5 Å². The molecule has 3 atom stereocenters. The van der Waals surface area contributed by atoms with Gasteiger partial charge in [-0.15, -0.1) is 13.2 Å². The number of alkyl halides is 7. The number of hydrogen-bond acceptors (Lipinski definition) is 8. The number of rotatable bonds is 9. The maximum absolute atomic E-state index is 13.0. The normalized spacial score (nSPS) is 19.9. The van der Waals surface area contributed by atoms with Crippen LogP contribution in [0.1, 0.15) is 22.8 Å². The number of ether oxygens (including phenoxy) is 3. The third kappa shape index (κ3) is 7.98. The zero-order valence-electron chi connectivity index (χ0n) is 21.5. The van der Waals surface area contributed by atoms with E-state index in [-0.39, 0.29) is 22.6 Å². The van der Waals surface area contributed by atoms with E-state index in [0.717, 1.165) is 24.3 Å². The van der Waals surface area contributed by atoms with E-state index in [9.17, 15) is 50.1 Å². The number of amides is 1. The first kappa shape index (κ1) is 33.3. The lowest BCUT2D eigenvalue weighted by Gasteiger charge is -2.33. The van der Waals surface area contributed by atoms with Crippen LogP contribution in [-0.2, 0) is 14.6 Å². The average Bonchev–Trinajstić information content (AvgIpc) is 2.92. The van der Waals surface area contributed by atoms with Crippen LogP contribution in [0.4, 0.5) is 26.3 Å². The maximum atomic E-state index is 13.0. The zero-order valence-corrected chi connectivity index (χ0v) is 23.1. The predicted octanol–water partition coefficient (Wildman–Crippen LogP) is 5.29. The second-order valence-corrected chi connectivity index (χ2v) is 11.5. The summed E-state index contributed by atoms with van der Waals surface area (Å²) in [4.78, 5) is 11.6. The molecule has 0 bridgehead atoms. The van der Waals surface area contributed by atoms with Gasteiger partial charge < -0.3 is 14.8 Å². The summed E-state index contributed by atoms with van der Waals surface area (Å²) in [6.45, 7) is 0.574. The standard InChI is InChI=1S/C26H18ClF6N3O6S/c1-23(14-35,36-22(37)17-6-8-18(9-7-17)43(38,39)26(31,32)33)15-40-20-12-16(13-34)5-10-19(20)41-21-4-2-3-11-24(21,27)42-25(28,29)30/h2-12,21H,15H2,1H3,(H,36,37)/t21?,23-,24?/m0/s1. The molecule has 1 amide bonds. The van der Waals surface area contributed by atoms with Crippen molar-refractivity contribution in [2.75, 3.05) is 6.61 Å². The Morgan fingerprint density at radius 1 is 1.05 bits per heavy atom. The fourth-order valence-corrected chi connectivity index (χ4v) is 4.49. The van der Waals surface area contributed by atoms with Gasteiger partial charge in [0, 0.05) is 11.6 Å². The number of sulfone groups is 1. The molecule has 1 aliphatic carbocycles. The number of carbonyl (C=O) groups excluding carboxylic acids is 1. The van der Waals surface area contributed by atoms with Crippen molar-refractivity contribution in [2.24, 2.45) is 0 Å². The Bertz CT molecular complexity index is 1630. The van der Waals surface area contributed by atoms with Crippen LogP contribution in [0.2, 0.25) is 0 Å². The van der Waals surface area contributed by atoms with Crippen LogP contribution in [0.25, 0.3) is 0 Å². The smallest absolute Gasteiger partial charge is 0.486 e. The SMILES string of the molecule is C[C@](C#N)(COc1cc(C#N)ccc1OC1C=CC=CC1(Cl)OC(F)(F)F)NC(=O)c1ccc(S(=O)(=O)C(F)(F)F)cc1. The molecule has 9 nitrogen and oxygen atoms in total. The lowest BCUT2D eigenvalue weighted by Crippen LogP contribution is -2.49. The van der Waals surface area contributed by atoms with E-state index in [2.05, 4.69) is 10.1 Å². The monoisotopic (exact) mass is 649 g/mol. The van der Waals surface area contributed by atoms with Crippen molar-refractivity contribution in [2.45, 2.75) is 40.4 Å². The minimum absolute atomic E-state index is 0.0294. The van der Waals surface area contributed by atoms with Crippen LogP contribution in [0.15, 0.2) is 71.7 Å². The Labute approximate surface area is 245 Å². The van der Waals surface area contributed by atoms with Crippen LogP contribution in [0, 0.1) is 22.7 Å². The lowest BCUT2D eigenvalue weighted by atomic mass is 10.0. The van der Waals surface area contributed by atoms with Crippen LogP contribution < -0.4 is 14.8 Å². The Kier molecular flexibility index (Phi) is 9.40. The summed E-state index contributed by atoms with van der Waals surface area (Å²) in [5, 5.41) is 18.8. The summed E-state index contributed by atoms with van der Waals surface area (Å²) in [5.41, 5.74) is -7.66. The minimum Gasteiger partial charge on any atom is -0.486 e. The third-order valence-corrected chi connectivity index (χ3v) is 7.51. The van der Waals surface area contributed by atoms with Gasteiger partial charge in [0.2, 0.25) is 5.06 Å². The number of nitriles is 2. The van der Waals surface area contributed by atoms with Crippen LogP contribution >= 0.6 is 11.6 Å². The van der Waals surface area contributed by atoms with Crippen molar-refractivity contribution in [1.82, 2.24) is 5.32 Å². The Morgan fingerprint density at radius 2 is 1.70 bits per heavy atom. The van der Waals surface area contributed by atoms with Crippen LogP contribution in [0.3, 0.4) is 0 Å². The summed E-state index contributed by atoms with van der Waals surface area (Å²) in [6, 6.07) is 9.98. The molecule has 0 spiro atoms. The van der Waals surface area contributed by atoms with Gasteiger partial charge in [-0.3, -0.25) is 9.53 Å². The molecule has 0 aromatic heterocycles. The fraction of sp³-hybridized carbons (Fsp3) is 0.269. The van der Waals surface area contributed by atoms with Gasteiger partial charge in [-0.2, -0.15) is 23.7 Å². The Hall–Kier alpha value is -4.25. The third-order valence-electron chi connectivity index (χ3n) is 5.59. The Morgan fingerprint density at radius 3 is 2.26 bits per heavy atom. The molecule has 17 heteroatoms. The number of hydrogen-bond donors (Lipinski definition) is 1. The number of allylic oxidation sites excluding steroid dienone is 2. The van der Waals surface area contributed by atoms with Gasteiger partial charge >= 0.3 is 11.9 Å². The lowest BCUT2D eigenvalue weighted by molar-refractivity contribution is -0.350. The number of benzene rings is 2. The van der Waals surface area contributed by atoms with Gasteiger partial charge in [0.1, 0.15) is 6.61 Å². The van der Waals surface area contributed by atoms with Gasteiger partial charge in [-0.1, -0.05) is 23.8 Å². The molecule has 228 valence electrons. The topological polar surface area (TPSA) is 139 Å². The van der Waals surface area contributed by atoms with Crippen molar-refractivity contribution >= 4 is 27.3 Å². The largest absolute Gasteiger partial charge is 0.524 e. The van der Waals surface area contributed by atoms with Gasteiger partial charge in [-0.05, 0) is 55.5 Å². The molecule has 0 saturated carbocycles. The molecule has 0 saturated heterocycles. The van der Waals surface area contributed by atoms with E-state index in [1.165, 1.54) is 37.3 Å². The van der Waals surface area contributed by atoms with E-state index >= 15 is 0 Å². The molecule has 2 aromatic carbocycles. The van der Waals surface area contributed by atoms with Gasteiger partial charge in [-0.25, -0.2) is 8.42 Å². The molecule has 0 radical (unpaired) electrons. The number of nitrogens with one attached hydrogen (secondary N) is 1. The highest BCUT2D eigenvalue weighted by molar-refractivity contribution is 7.92. The van der Waals surface area contributed by atoms with Crippen LogP contribution in [0.5, 0.6) is 11.5 Å². The van der Waals surface area contributed by atoms with E-state index in [1.54, 1.807) is 6.07 Å². The molecular formula is C26H18ClF6N3O6S. The first-order valence-corrected chi connectivity index (χ1v) is 13.5. The van der Waals surface area contributed by atoms with Crippen molar-refractivity contribution in [3.8, 4) is 23.6 Å². The molecule has 2 unspecified atom stereocenters. The summed E-state index contributed by atoms with van der Waals surface area (Å²) in [6.07, 6.45) is -2.05. The van der Waals surface area contributed by atoms with Crippen molar-refractivity contribution in [3.63, 3.8) is 0 Å². The zero-order chi connectivity index (χ0) is 32.3. The number of halogens is 7. The van der Waals surface area contributed by atoms with E-state index in [0.29, 0.717) is 12.1 Å². The molecule has 0 heterocycles. The van der Waals surface area contributed by atoms with E-state index in [1.807, 2.05) is 6.07 Å². The van der Waals surface area contributed by atoms with Crippen molar-refractivity contribution < 1.29 is 53.8 Å². The highest BCUT2D eigenvalue weighted by Crippen LogP contribution is 2.39. The summed E-state index contributed by atoms with van der Waals surface area (Å²) < 4.78 is 116. The molecule has 0 fully saturated rings. The van der Waals surface area contributed by atoms with Crippen molar-refractivity contribution in [3.05, 3.63) is 77.9 Å². The first-order valence-electron chi connectivity index (χ1n) is 11.6. The van der Waals surface area contributed by atoms with E-state index < -0.39 is 55.8 Å². The molecule has 43 heavy (non-hydrogen) atoms. The highest BCUT2D eigenvalue weighted by Gasteiger charge is 2.48. The Balaban J connectivity index is 1.80. The second-order valence-electron chi connectivity index (χ2n) is 8.96. The number of carbonyl (C=O) groups is 1. The molecule has 2 aromatic rings. The van der Waals surface area contributed by atoms with E-state index in [4.69, 9.17) is 21.1 Å². The average molecular weight is 650 g/mol. The second kappa shape index (κ2) is 12.2.